The second kappa shape index (κ2) is 7.28. The summed E-state index contributed by atoms with van der Waals surface area (Å²) in [5.41, 5.74) is 7.33. The lowest BCUT2D eigenvalue weighted by Crippen LogP contribution is -2.41. The van der Waals surface area contributed by atoms with Crippen LogP contribution in [0.5, 0.6) is 5.75 Å². The Morgan fingerprint density at radius 1 is 1.09 bits per heavy atom. The van der Waals surface area contributed by atoms with Gasteiger partial charge < -0.3 is 4.74 Å². The minimum atomic E-state index is -0.388. The lowest BCUT2D eigenvalue weighted by atomic mass is 10.1. The van der Waals surface area contributed by atoms with Crippen molar-refractivity contribution < 1.29 is 14.3 Å². The van der Waals surface area contributed by atoms with Crippen molar-refractivity contribution in [2.75, 3.05) is 7.11 Å². The third-order valence-electron chi connectivity index (χ3n) is 3.53. The molecule has 1 aromatic carbocycles. The number of rotatable bonds is 4. The van der Waals surface area contributed by atoms with Crippen LogP contribution < -0.4 is 15.6 Å². The predicted molar refractivity (Wildman–Crippen MR) is 91.1 cm³/mol. The van der Waals surface area contributed by atoms with Crippen LogP contribution in [0.1, 0.15) is 43.0 Å². The number of ether oxygens (including phenoxy) is 1. The van der Waals surface area contributed by atoms with Gasteiger partial charge in [0.2, 0.25) is 0 Å². The number of benzene rings is 1. The number of amides is 2. The van der Waals surface area contributed by atoms with Crippen LogP contribution in [0.3, 0.4) is 0 Å². The van der Waals surface area contributed by atoms with Crippen molar-refractivity contribution in [3.8, 4) is 5.75 Å². The van der Waals surface area contributed by atoms with Gasteiger partial charge in [-0.3, -0.25) is 20.4 Å². The first-order valence-corrected chi connectivity index (χ1v) is 8.12. The van der Waals surface area contributed by atoms with Crippen molar-refractivity contribution in [2.45, 2.75) is 27.2 Å². The van der Waals surface area contributed by atoms with Gasteiger partial charge in [-0.05, 0) is 49.6 Å². The molecule has 0 atom stereocenters. The van der Waals surface area contributed by atoms with Gasteiger partial charge in [-0.15, -0.1) is 11.3 Å². The standard InChI is InChI=1S/C17H20N2O3S/c1-5-14-11(3)8-15(23-14)17(21)19-18-16(20)12-7-6-10(2)13(9-12)22-4/h6-9H,5H2,1-4H3,(H,18,20)(H,19,21). The second-order valence-electron chi connectivity index (χ2n) is 5.16. The number of nitrogens with one attached hydrogen (secondary N) is 2. The first-order chi connectivity index (χ1) is 11.0. The number of carbonyl (C=O) groups excluding carboxylic acids is 2. The fourth-order valence-electron chi connectivity index (χ4n) is 2.19. The second-order valence-corrected chi connectivity index (χ2v) is 6.30. The highest BCUT2D eigenvalue weighted by Crippen LogP contribution is 2.22. The van der Waals surface area contributed by atoms with Gasteiger partial charge in [0.05, 0.1) is 12.0 Å². The highest BCUT2D eigenvalue weighted by atomic mass is 32.1. The average Bonchev–Trinajstić information content (AvgIpc) is 2.93. The van der Waals surface area contributed by atoms with E-state index in [0.29, 0.717) is 16.2 Å². The van der Waals surface area contributed by atoms with E-state index < -0.39 is 0 Å². The normalized spacial score (nSPS) is 10.3. The Bertz CT molecular complexity index is 737. The quantitative estimate of drug-likeness (QED) is 0.846. The van der Waals surface area contributed by atoms with Crippen LogP contribution in [0.4, 0.5) is 0 Å². The number of carbonyl (C=O) groups is 2. The van der Waals surface area contributed by atoms with Crippen LogP contribution in [-0.2, 0) is 6.42 Å². The maximum absolute atomic E-state index is 12.1. The van der Waals surface area contributed by atoms with E-state index in [1.54, 1.807) is 25.3 Å². The first kappa shape index (κ1) is 17.0. The Kier molecular flexibility index (Phi) is 5.39. The van der Waals surface area contributed by atoms with Crippen LogP contribution in [0.2, 0.25) is 0 Å². The molecule has 0 radical (unpaired) electrons. The van der Waals surface area contributed by atoms with Crippen molar-refractivity contribution in [3.63, 3.8) is 0 Å². The molecule has 122 valence electrons. The number of hydrogen-bond acceptors (Lipinski definition) is 4. The fraction of sp³-hybridized carbons (Fsp3) is 0.294. The molecule has 0 bridgehead atoms. The Labute approximate surface area is 139 Å². The van der Waals surface area contributed by atoms with Crippen molar-refractivity contribution in [1.29, 1.82) is 0 Å². The van der Waals surface area contributed by atoms with Gasteiger partial charge in [-0.1, -0.05) is 13.0 Å². The van der Waals surface area contributed by atoms with Crippen LogP contribution in [-0.4, -0.2) is 18.9 Å². The number of hydrogen-bond donors (Lipinski definition) is 2. The van der Waals surface area contributed by atoms with Crippen LogP contribution >= 0.6 is 11.3 Å². The maximum Gasteiger partial charge on any atom is 0.279 e. The maximum atomic E-state index is 12.1. The summed E-state index contributed by atoms with van der Waals surface area (Å²) in [5.74, 6) is -0.0729. The summed E-state index contributed by atoms with van der Waals surface area (Å²) in [4.78, 5) is 26.0. The summed E-state index contributed by atoms with van der Waals surface area (Å²) in [6.07, 6.45) is 0.888. The predicted octanol–water partition coefficient (Wildman–Crippen LogP) is 3.01. The molecule has 0 fully saturated rings. The van der Waals surface area contributed by atoms with Crippen molar-refractivity contribution >= 4 is 23.2 Å². The van der Waals surface area contributed by atoms with Gasteiger partial charge in [0.1, 0.15) is 5.75 Å². The Balaban J connectivity index is 2.02. The molecule has 1 aromatic heterocycles. The molecule has 2 aromatic rings. The Morgan fingerprint density at radius 2 is 1.78 bits per heavy atom. The van der Waals surface area contributed by atoms with E-state index in [1.165, 1.54) is 16.2 Å². The highest BCUT2D eigenvalue weighted by molar-refractivity contribution is 7.14. The van der Waals surface area contributed by atoms with E-state index in [2.05, 4.69) is 10.9 Å². The van der Waals surface area contributed by atoms with Gasteiger partial charge in [0, 0.05) is 10.4 Å². The van der Waals surface area contributed by atoms with Gasteiger partial charge in [-0.2, -0.15) is 0 Å². The van der Waals surface area contributed by atoms with E-state index >= 15 is 0 Å². The zero-order valence-corrected chi connectivity index (χ0v) is 14.5. The number of hydrazine groups is 1. The minimum Gasteiger partial charge on any atom is -0.496 e. The van der Waals surface area contributed by atoms with Gasteiger partial charge in [-0.25, -0.2) is 0 Å². The van der Waals surface area contributed by atoms with Gasteiger partial charge in [0.15, 0.2) is 0 Å². The molecular formula is C17H20N2O3S. The zero-order chi connectivity index (χ0) is 17.0. The summed E-state index contributed by atoms with van der Waals surface area (Å²) in [7, 11) is 1.55. The lowest BCUT2D eigenvalue weighted by Gasteiger charge is -2.09. The SMILES string of the molecule is CCc1sc(C(=O)NNC(=O)c2ccc(C)c(OC)c2)cc1C. The summed E-state index contributed by atoms with van der Waals surface area (Å²) in [6.45, 7) is 5.92. The molecule has 0 aliphatic carbocycles. The first-order valence-electron chi connectivity index (χ1n) is 7.30. The van der Waals surface area contributed by atoms with Crippen molar-refractivity contribution in [3.05, 3.63) is 50.7 Å². The molecule has 0 unspecified atom stereocenters. The van der Waals surface area contributed by atoms with Crippen LogP contribution in [0.15, 0.2) is 24.3 Å². The molecule has 5 nitrogen and oxygen atoms in total. The summed E-state index contributed by atoms with van der Waals surface area (Å²) < 4.78 is 5.19. The van der Waals surface area contributed by atoms with E-state index in [9.17, 15) is 9.59 Å². The lowest BCUT2D eigenvalue weighted by molar-refractivity contribution is 0.0848. The highest BCUT2D eigenvalue weighted by Gasteiger charge is 2.14. The molecule has 0 aliphatic rings. The molecule has 0 spiro atoms. The third kappa shape index (κ3) is 3.90. The number of methoxy groups -OCH3 is 1. The molecule has 23 heavy (non-hydrogen) atoms. The largest absolute Gasteiger partial charge is 0.496 e. The average molecular weight is 332 g/mol. The smallest absolute Gasteiger partial charge is 0.279 e. The van der Waals surface area contributed by atoms with Gasteiger partial charge in [0.25, 0.3) is 11.8 Å². The van der Waals surface area contributed by atoms with E-state index in [1.807, 2.05) is 26.8 Å². The van der Waals surface area contributed by atoms with E-state index in [-0.39, 0.29) is 11.8 Å². The van der Waals surface area contributed by atoms with Crippen molar-refractivity contribution in [2.24, 2.45) is 0 Å². The van der Waals surface area contributed by atoms with Gasteiger partial charge >= 0.3 is 0 Å². The molecule has 2 rings (SSSR count). The van der Waals surface area contributed by atoms with Crippen LogP contribution in [0.25, 0.3) is 0 Å². The van der Waals surface area contributed by atoms with E-state index in [4.69, 9.17) is 4.74 Å². The summed E-state index contributed by atoms with van der Waals surface area (Å²) in [6, 6.07) is 6.96. The molecule has 0 saturated heterocycles. The van der Waals surface area contributed by atoms with E-state index in [0.717, 1.165) is 17.5 Å². The molecular weight excluding hydrogens is 312 g/mol. The third-order valence-corrected chi connectivity index (χ3v) is 4.91. The fourth-order valence-corrected chi connectivity index (χ4v) is 3.20. The Morgan fingerprint density at radius 3 is 2.39 bits per heavy atom. The molecule has 1 heterocycles. The molecule has 2 N–H and O–H groups in total. The number of aryl methyl sites for hydroxylation is 3. The molecule has 2 amide bonds. The van der Waals surface area contributed by atoms with Crippen LogP contribution in [0, 0.1) is 13.8 Å². The molecule has 0 saturated carbocycles. The summed E-state index contributed by atoms with van der Waals surface area (Å²) >= 11 is 1.44. The Hall–Kier alpha value is -2.34. The van der Waals surface area contributed by atoms with Crippen molar-refractivity contribution in [1.82, 2.24) is 10.9 Å². The summed E-state index contributed by atoms with van der Waals surface area (Å²) in [5, 5.41) is 0. The molecule has 6 heteroatoms. The topological polar surface area (TPSA) is 67.4 Å². The zero-order valence-electron chi connectivity index (χ0n) is 13.6. The minimum absolute atomic E-state index is 0.315. The number of thiophene rings is 1. The molecule has 0 aliphatic heterocycles. The monoisotopic (exact) mass is 332 g/mol.